The molecular formula is C22H30N4S. The molecule has 3 heterocycles. The Kier molecular flexibility index (Phi) is 5.28. The first-order valence-electron chi connectivity index (χ1n) is 9.39. The SMILES string of the molecule is C=Cc1cc(-c2ccnc(NC3CC(C)(C)N(C)C(C)(C)C3)n2)sc1C=C. The molecule has 1 saturated heterocycles. The Bertz CT molecular complexity index is 806. The minimum Gasteiger partial charge on any atom is -0.351 e. The van der Waals surface area contributed by atoms with E-state index in [2.05, 4.69) is 69.2 Å². The highest BCUT2D eigenvalue weighted by Crippen LogP contribution is 2.38. The van der Waals surface area contributed by atoms with Gasteiger partial charge in [0.05, 0.1) is 10.6 Å². The highest BCUT2D eigenvalue weighted by atomic mass is 32.1. The van der Waals surface area contributed by atoms with Crippen LogP contribution in [0.4, 0.5) is 5.95 Å². The minimum atomic E-state index is 0.127. The largest absolute Gasteiger partial charge is 0.351 e. The van der Waals surface area contributed by atoms with Gasteiger partial charge in [-0.05, 0) is 65.3 Å². The van der Waals surface area contributed by atoms with E-state index in [0.717, 1.165) is 33.9 Å². The molecule has 0 aromatic carbocycles. The third-order valence-corrected chi connectivity index (χ3v) is 6.91. The average Bonchev–Trinajstić information content (AvgIpc) is 3.03. The summed E-state index contributed by atoms with van der Waals surface area (Å²) in [4.78, 5) is 14.0. The van der Waals surface area contributed by atoms with Crippen LogP contribution in [0.15, 0.2) is 31.5 Å². The van der Waals surface area contributed by atoms with E-state index in [4.69, 9.17) is 4.98 Å². The van der Waals surface area contributed by atoms with Gasteiger partial charge >= 0.3 is 0 Å². The predicted octanol–water partition coefficient (Wildman–Crippen LogP) is 5.55. The van der Waals surface area contributed by atoms with Gasteiger partial charge in [-0.25, -0.2) is 9.97 Å². The normalized spacial score (nSPS) is 19.6. The van der Waals surface area contributed by atoms with Crippen LogP contribution in [0.25, 0.3) is 22.7 Å². The van der Waals surface area contributed by atoms with E-state index in [1.54, 1.807) is 11.3 Å². The van der Waals surface area contributed by atoms with Crippen molar-refractivity contribution in [3.05, 3.63) is 41.9 Å². The second kappa shape index (κ2) is 7.21. The molecule has 1 aliphatic heterocycles. The Morgan fingerprint density at radius 1 is 1.19 bits per heavy atom. The van der Waals surface area contributed by atoms with Crippen molar-refractivity contribution in [3.63, 3.8) is 0 Å². The molecule has 0 unspecified atom stereocenters. The molecule has 2 aromatic heterocycles. The monoisotopic (exact) mass is 382 g/mol. The first-order chi connectivity index (χ1) is 12.7. The fraction of sp³-hybridized carbons (Fsp3) is 0.455. The van der Waals surface area contributed by atoms with Gasteiger partial charge in [0.1, 0.15) is 0 Å². The average molecular weight is 383 g/mol. The summed E-state index contributed by atoms with van der Waals surface area (Å²) in [5.41, 5.74) is 2.28. The molecule has 0 aliphatic carbocycles. The molecular weight excluding hydrogens is 352 g/mol. The summed E-state index contributed by atoms with van der Waals surface area (Å²) in [7, 11) is 2.22. The van der Waals surface area contributed by atoms with Gasteiger partial charge in [-0.2, -0.15) is 0 Å². The van der Waals surface area contributed by atoms with Crippen LogP contribution in [0.3, 0.4) is 0 Å². The zero-order valence-electron chi connectivity index (χ0n) is 17.0. The molecule has 0 amide bonds. The summed E-state index contributed by atoms with van der Waals surface area (Å²) in [5, 5.41) is 3.59. The first kappa shape index (κ1) is 19.8. The van der Waals surface area contributed by atoms with Gasteiger partial charge < -0.3 is 5.32 Å². The van der Waals surface area contributed by atoms with Crippen LogP contribution in [0.5, 0.6) is 0 Å². The maximum absolute atomic E-state index is 4.78. The molecule has 5 heteroatoms. The Labute approximate surface area is 167 Å². The second-order valence-electron chi connectivity index (χ2n) is 8.54. The lowest BCUT2D eigenvalue weighted by atomic mass is 9.77. The Morgan fingerprint density at radius 3 is 2.41 bits per heavy atom. The number of thiophene rings is 1. The minimum absolute atomic E-state index is 0.127. The van der Waals surface area contributed by atoms with Crippen LogP contribution in [0, 0.1) is 0 Å². The number of hydrogen-bond donors (Lipinski definition) is 1. The molecule has 2 aromatic rings. The molecule has 4 nitrogen and oxygen atoms in total. The third-order valence-electron chi connectivity index (χ3n) is 5.75. The Morgan fingerprint density at radius 2 is 1.85 bits per heavy atom. The van der Waals surface area contributed by atoms with Gasteiger partial charge in [0.25, 0.3) is 0 Å². The standard InChI is InChI=1S/C22H30N4S/c1-8-15-12-19(27-18(15)9-2)17-10-11-23-20(25-17)24-16-13-21(3,4)26(7)22(5,6)14-16/h8-12,16H,1-2,13-14H2,3-7H3,(H,23,24,25). The van der Waals surface area contributed by atoms with Gasteiger partial charge in [-0.1, -0.05) is 25.3 Å². The quantitative estimate of drug-likeness (QED) is 0.735. The maximum atomic E-state index is 4.78. The molecule has 1 N–H and O–H groups in total. The fourth-order valence-corrected chi connectivity index (χ4v) is 5.07. The summed E-state index contributed by atoms with van der Waals surface area (Å²) in [6.07, 6.45) is 7.67. The number of rotatable bonds is 5. The molecule has 0 bridgehead atoms. The number of nitrogens with zero attached hydrogens (tertiary/aromatic N) is 3. The number of likely N-dealkylation sites (tertiary alicyclic amines) is 1. The van der Waals surface area contributed by atoms with E-state index in [-0.39, 0.29) is 11.1 Å². The van der Waals surface area contributed by atoms with Crippen LogP contribution in [0.2, 0.25) is 0 Å². The van der Waals surface area contributed by atoms with Gasteiger partial charge in [0.2, 0.25) is 5.95 Å². The summed E-state index contributed by atoms with van der Waals surface area (Å²) >= 11 is 1.68. The van der Waals surface area contributed by atoms with Crippen molar-refractivity contribution in [1.82, 2.24) is 14.9 Å². The number of piperidine rings is 1. The van der Waals surface area contributed by atoms with Crippen molar-refractivity contribution >= 4 is 29.4 Å². The van der Waals surface area contributed by atoms with E-state index in [1.807, 2.05) is 24.4 Å². The summed E-state index contributed by atoms with van der Waals surface area (Å²) in [6.45, 7) is 17.0. The van der Waals surface area contributed by atoms with Gasteiger partial charge in [0, 0.05) is 28.2 Å². The van der Waals surface area contributed by atoms with Crippen LogP contribution >= 0.6 is 11.3 Å². The van der Waals surface area contributed by atoms with E-state index in [0.29, 0.717) is 12.0 Å². The molecule has 0 atom stereocenters. The van der Waals surface area contributed by atoms with Gasteiger partial charge in [-0.15, -0.1) is 11.3 Å². The lowest BCUT2D eigenvalue weighted by Gasteiger charge is -2.53. The van der Waals surface area contributed by atoms with Crippen molar-refractivity contribution in [3.8, 4) is 10.6 Å². The second-order valence-corrected chi connectivity index (χ2v) is 9.62. The zero-order chi connectivity index (χ0) is 19.8. The van der Waals surface area contributed by atoms with Crippen LogP contribution < -0.4 is 5.32 Å². The van der Waals surface area contributed by atoms with E-state index < -0.39 is 0 Å². The Hall–Kier alpha value is -1.98. The Balaban J connectivity index is 1.83. The highest BCUT2D eigenvalue weighted by Gasteiger charge is 2.43. The summed E-state index contributed by atoms with van der Waals surface area (Å²) < 4.78 is 0. The van der Waals surface area contributed by atoms with Crippen molar-refractivity contribution in [2.45, 2.75) is 57.7 Å². The lowest BCUT2D eigenvalue weighted by Crippen LogP contribution is -2.61. The molecule has 144 valence electrons. The predicted molar refractivity (Wildman–Crippen MR) is 118 cm³/mol. The van der Waals surface area contributed by atoms with E-state index >= 15 is 0 Å². The first-order valence-corrected chi connectivity index (χ1v) is 10.2. The molecule has 0 radical (unpaired) electrons. The van der Waals surface area contributed by atoms with Crippen molar-refractivity contribution < 1.29 is 0 Å². The smallest absolute Gasteiger partial charge is 0.223 e. The fourth-order valence-electron chi connectivity index (χ4n) is 4.09. The molecule has 0 spiro atoms. The maximum Gasteiger partial charge on any atom is 0.223 e. The number of anilines is 1. The molecule has 0 saturated carbocycles. The van der Waals surface area contributed by atoms with Crippen LogP contribution in [-0.2, 0) is 0 Å². The topological polar surface area (TPSA) is 41.1 Å². The highest BCUT2D eigenvalue weighted by molar-refractivity contribution is 7.16. The lowest BCUT2D eigenvalue weighted by molar-refractivity contribution is -0.00778. The van der Waals surface area contributed by atoms with Gasteiger partial charge in [-0.3, -0.25) is 4.90 Å². The number of aromatic nitrogens is 2. The molecule has 27 heavy (non-hydrogen) atoms. The molecule has 3 rings (SSSR count). The van der Waals surface area contributed by atoms with Gasteiger partial charge in [0.15, 0.2) is 0 Å². The van der Waals surface area contributed by atoms with Crippen LogP contribution in [0.1, 0.15) is 51.0 Å². The van der Waals surface area contributed by atoms with Crippen molar-refractivity contribution in [2.24, 2.45) is 0 Å². The number of nitrogens with one attached hydrogen (secondary N) is 1. The zero-order valence-corrected chi connectivity index (χ0v) is 17.9. The molecule has 1 aliphatic rings. The van der Waals surface area contributed by atoms with Crippen LogP contribution in [-0.4, -0.2) is 39.0 Å². The third kappa shape index (κ3) is 3.99. The van der Waals surface area contributed by atoms with E-state index in [1.165, 1.54) is 0 Å². The van der Waals surface area contributed by atoms with Crippen molar-refractivity contribution in [1.29, 1.82) is 0 Å². The van der Waals surface area contributed by atoms with Crippen molar-refractivity contribution in [2.75, 3.05) is 12.4 Å². The number of hydrogen-bond acceptors (Lipinski definition) is 5. The summed E-state index contributed by atoms with van der Waals surface area (Å²) in [5.74, 6) is 0.697. The summed E-state index contributed by atoms with van der Waals surface area (Å²) in [6, 6.07) is 4.42. The van der Waals surface area contributed by atoms with E-state index in [9.17, 15) is 0 Å². The molecule has 1 fully saturated rings.